The van der Waals surface area contributed by atoms with E-state index >= 15 is 0 Å². The summed E-state index contributed by atoms with van der Waals surface area (Å²) in [7, 11) is -0.299. The van der Waals surface area contributed by atoms with Crippen LogP contribution in [0.3, 0.4) is 0 Å². The zero-order valence-corrected chi connectivity index (χ0v) is 11.1. The van der Waals surface area contributed by atoms with Gasteiger partial charge in [-0.05, 0) is 40.1 Å². The Labute approximate surface area is 99.3 Å². The summed E-state index contributed by atoms with van der Waals surface area (Å²) in [5, 5.41) is 0. The van der Waals surface area contributed by atoms with Crippen LogP contribution in [0.5, 0.6) is 0 Å². The molecule has 1 fully saturated rings. The topological polar surface area (TPSA) is 27.7 Å². The Kier molecular flexibility index (Phi) is 4.45. The molecule has 1 heterocycles. The van der Waals surface area contributed by atoms with Gasteiger partial charge in [0, 0.05) is 0 Å². The Morgan fingerprint density at radius 2 is 1.69 bits per heavy atom. The molecule has 0 aromatic rings. The van der Waals surface area contributed by atoms with Crippen LogP contribution in [0.15, 0.2) is 12.2 Å². The molecule has 1 rings (SSSR count). The van der Waals surface area contributed by atoms with Crippen molar-refractivity contribution >= 4 is 7.12 Å². The lowest BCUT2D eigenvalue weighted by Crippen LogP contribution is -2.41. The minimum Gasteiger partial charge on any atom is -0.502 e. The molecule has 0 saturated carbocycles. The molecule has 1 saturated heterocycles. The van der Waals surface area contributed by atoms with Gasteiger partial charge in [-0.25, -0.2) is 0 Å². The molecule has 0 atom stereocenters. The maximum Gasteiger partial charge on any atom is 0.490 e. The number of hydrogen-bond donors (Lipinski definition) is 0. The van der Waals surface area contributed by atoms with Gasteiger partial charge in [-0.2, -0.15) is 0 Å². The number of hydrogen-bond acceptors (Lipinski definition) is 3. The molecule has 16 heavy (non-hydrogen) atoms. The van der Waals surface area contributed by atoms with Gasteiger partial charge >= 0.3 is 7.12 Å². The summed E-state index contributed by atoms with van der Waals surface area (Å²) < 4.78 is 16.9. The van der Waals surface area contributed by atoms with E-state index in [-0.39, 0.29) is 18.3 Å². The van der Waals surface area contributed by atoms with Crippen LogP contribution in [0.4, 0.5) is 0 Å². The quantitative estimate of drug-likeness (QED) is 0.409. The summed E-state index contributed by atoms with van der Waals surface area (Å²) in [5.74, 6) is 1.83. The zero-order chi connectivity index (χ0) is 12.2. The highest BCUT2D eigenvalue weighted by Crippen LogP contribution is 2.36. The predicted molar refractivity (Wildman–Crippen MR) is 66.1 cm³/mol. The third-order valence-corrected chi connectivity index (χ3v) is 3.22. The van der Waals surface area contributed by atoms with Gasteiger partial charge in [0.25, 0.3) is 0 Å². The lowest BCUT2D eigenvalue weighted by atomic mass is 9.90. The van der Waals surface area contributed by atoms with Gasteiger partial charge in [0.1, 0.15) is 0 Å². The third kappa shape index (κ3) is 3.26. The molecule has 0 aromatic carbocycles. The second-order valence-electron chi connectivity index (χ2n) is 5.18. The first-order chi connectivity index (χ1) is 7.39. The largest absolute Gasteiger partial charge is 0.502 e. The van der Waals surface area contributed by atoms with E-state index in [1.807, 2.05) is 33.7 Å². The molecular weight excluding hydrogens is 203 g/mol. The smallest absolute Gasteiger partial charge is 0.490 e. The molecule has 3 nitrogen and oxygen atoms in total. The maximum absolute atomic E-state index is 5.78. The Morgan fingerprint density at radius 3 is 2.19 bits per heavy atom. The fourth-order valence-electron chi connectivity index (χ4n) is 1.38. The van der Waals surface area contributed by atoms with E-state index in [9.17, 15) is 0 Å². The highest BCUT2D eigenvalue weighted by molar-refractivity contribution is 6.51. The van der Waals surface area contributed by atoms with Gasteiger partial charge in [0.05, 0.1) is 24.1 Å². The number of ether oxygens (including phenoxy) is 1. The molecule has 0 N–H and O–H groups in total. The van der Waals surface area contributed by atoms with Crippen LogP contribution in [-0.2, 0) is 14.0 Å². The Bertz CT molecular complexity index is 233. The van der Waals surface area contributed by atoms with Crippen molar-refractivity contribution in [3.63, 3.8) is 0 Å². The molecule has 92 valence electrons. The van der Waals surface area contributed by atoms with Crippen molar-refractivity contribution in [3.05, 3.63) is 12.2 Å². The molecule has 0 unspecified atom stereocenters. The predicted octanol–water partition coefficient (Wildman–Crippen LogP) is 2.95. The van der Waals surface area contributed by atoms with Crippen LogP contribution in [0.25, 0.3) is 0 Å². The lowest BCUT2D eigenvalue weighted by molar-refractivity contribution is 0.00578. The fraction of sp³-hybridized carbons (Fsp3) is 0.833. The van der Waals surface area contributed by atoms with Crippen LogP contribution in [0.1, 0.15) is 47.5 Å². The van der Waals surface area contributed by atoms with Gasteiger partial charge in [-0.3, -0.25) is 0 Å². The third-order valence-electron chi connectivity index (χ3n) is 3.22. The normalized spacial score (nSPS) is 22.9. The molecule has 0 aliphatic carbocycles. The molecule has 0 amide bonds. The van der Waals surface area contributed by atoms with Crippen molar-refractivity contribution < 1.29 is 14.0 Å². The van der Waals surface area contributed by atoms with Gasteiger partial charge < -0.3 is 14.0 Å². The Hall–Kier alpha value is -0.475. The molecule has 1 aliphatic rings. The van der Waals surface area contributed by atoms with Crippen molar-refractivity contribution in [2.75, 3.05) is 6.61 Å². The Balaban J connectivity index is 2.36. The molecule has 0 radical (unpaired) electrons. The standard InChI is InChI=1S/C12H23BO3/c1-6-7-9-14-10-8-13-15-11(2,3)12(4,5)16-13/h8,10H,6-7,9H2,1-5H3/b10-8-. The van der Waals surface area contributed by atoms with Crippen LogP contribution < -0.4 is 0 Å². The van der Waals surface area contributed by atoms with Crippen LogP contribution in [0, 0.1) is 0 Å². The van der Waals surface area contributed by atoms with Crippen molar-refractivity contribution in [2.45, 2.75) is 58.7 Å². The van der Waals surface area contributed by atoms with E-state index in [0.29, 0.717) is 0 Å². The highest BCUT2D eigenvalue weighted by Gasteiger charge is 2.50. The minimum absolute atomic E-state index is 0.272. The van der Waals surface area contributed by atoms with Crippen molar-refractivity contribution in [3.8, 4) is 0 Å². The van der Waals surface area contributed by atoms with Crippen molar-refractivity contribution in [2.24, 2.45) is 0 Å². The van der Waals surface area contributed by atoms with Gasteiger partial charge in [0.15, 0.2) is 0 Å². The summed E-state index contributed by atoms with van der Waals surface area (Å²) in [4.78, 5) is 0. The summed E-state index contributed by atoms with van der Waals surface area (Å²) in [6.45, 7) is 11.1. The molecule has 0 bridgehead atoms. The van der Waals surface area contributed by atoms with E-state index in [2.05, 4.69) is 6.92 Å². The van der Waals surface area contributed by atoms with Gasteiger partial charge in [-0.15, -0.1) is 0 Å². The first-order valence-corrected chi connectivity index (χ1v) is 6.03. The first kappa shape index (κ1) is 13.6. The number of rotatable bonds is 5. The lowest BCUT2D eigenvalue weighted by Gasteiger charge is -2.32. The van der Waals surface area contributed by atoms with Crippen LogP contribution >= 0.6 is 0 Å². The van der Waals surface area contributed by atoms with Crippen molar-refractivity contribution in [1.82, 2.24) is 0 Å². The first-order valence-electron chi connectivity index (χ1n) is 6.03. The number of unbranched alkanes of at least 4 members (excludes halogenated alkanes) is 1. The van der Waals surface area contributed by atoms with Gasteiger partial charge in [0.2, 0.25) is 0 Å². The monoisotopic (exact) mass is 226 g/mol. The van der Waals surface area contributed by atoms with Crippen LogP contribution in [-0.4, -0.2) is 24.9 Å². The summed E-state index contributed by atoms with van der Waals surface area (Å²) in [6, 6.07) is 0. The second-order valence-corrected chi connectivity index (χ2v) is 5.18. The van der Waals surface area contributed by atoms with E-state index in [4.69, 9.17) is 14.0 Å². The maximum atomic E-state index is 5.78. The van der Waals surface area contributed by atoms with E-state index < -0.39 is 0 Å². The summed E-state index contributed by atoms with van der Waals surface area (Å²) >= 11 is 0. The van der Waals surface area contributed by atoms with E-state index in [1.165, 1.54) is 0 Å². The van der Waals surface area contributed by atoms with Crippen molar-refractivity contribution in [1.29, 1.82) is 0 Å². The van der Waals surface area contributed by atoms with Gasteiger partial charge in [-0.1, -0.05) is 13.3 Å². The average molecular weight is 226 g/mol. The highest BCUT2D eigenvalue weighted by atomic mass is 16.7. The molecular formula is C12H23BO3. The molecule has 0 spiro atoms. The summed E-state index contributed by atoms with van der Waals surface area (Å²) in [5.41, 5.74) is -0.545. The SMILES string of the molecule is CCCCO/C=C\B1OC(C)(C)C(C)(C)O1. The fourth-order valence-corrected chi connectivity index (χ4v) is 1.38. The minimum atomic E-state index is -0.299. The molecule has 0 aromatic heterocycles. The van der Waals surface area contributed by atoms with Crippen LogP contribution in [0.2, 0.25) is 0 Å². The Morgan fingerprint density at radius 1 is 1.12 bits per heavy atom. The second kappa shape index (κ2) is 5.24. The average Bonchev–Trinajstić information content (AvgIpc) is 2.35. The van der Waals surface area contributed by atoms with E-state index in [1.54, 1.807) is 6.26 Å². The molecule has 4 heteroatoms. The zero-order valence-electron chi connectivity index (χ0n) is 11.1. The molecule has 1 aliphatic heterocycles. The van der Waals surface area contributed by atoms with E-state index in [0.717, 1.165) is 19.4 Å². The summed E-state index contributed by atoms with van der Waals surface area (Å²) in [6.07, 6.45) is 3.90.